The Morgan fingerprint density at radius 3 is 2.62 bits per heavy atom. The third-order valence-corrected chi connectivity index (χ3v) is 4.43. The number of hydrogen-bond acceptors (Lipinski definition) is 3. The molecule has 0 radical (unpaired) electrons. The van der Waals surface area contributed by atoms with E-state index in [4.69, 9.17) is 0 Å². The number of likely N-dealkylation sites (N-methyl/N-ethyl adjacent to an activating group) is 1. The van der Waals surface area contributed by atoms with Crippen molar-refractivity contribution in [2.24, 2.45) is 0 Å². The van der Waals surface area contributed by atoms with E-state index >= 15 is 0 Å². The number of rotatable bonds is 5. The van der Waals surface area contributed by atoms with Crippen molar-refractivity contribution < 1.29 is 4.92 Å². The fourth-order valence-electron chi connectivity index (χ4n) is 2.35. The molecule has 2 aromatic carbocycles. The van der Waals surface area contributed by atoms with E-state index in [-0.39, 0.29) is 16.7 Å². The summed E-state index contributed by atoms with van der Waals surface area (Å²) in [5.41, 5.74) is 3.18. The zero-order valence-electron chi connectivity index (χ0n) is 12.0. The average molecular weight is 349 g/mol. The van der Waals surface area contributed by atoms with Crippen LogP contribution in [-0.4, -0.2) is 12.0 Å². The molecule has 0 spiro atoms. The van der Waals surface area contributed by atoms with Crippen LogP contribution in [0.5, 0.6) is 0 Å². The minimum absolute atomic E-state index is 0.0397. The highest BCUT2D eigenvalue weighted by Gasteiger charge is 2.18. The van der Waals surface area contributed by atoms with Crippen LogP contribution >= 0.6 is 15.9 Å². The summed E-state index contributed by atoms with van der Waals surface area (Å²) in [5.74, 6) is 0. The Morgan fingerprint density at radius 2 is 2.00 bits per heavy atom. The molecule has 1 atom stereocenters. The number of benzene rings is 2. The normalized spacial score (nSPS) is 12.1. The zero-order valence-corrected chi connectivity index (χ0v) is 13.6. The summed E-state index contributed by atoms with van der Waals surface area (Å²) >= 11 is 3.49. The highest BCUT2D eigenvalue weighted by atomic mass is 79.9. The molecular formula is C16H17BrN2O2. The van der Waals surface area contributed by atoms with Gasteiger partial charge in [-0.15, -0.1) is 0 Å². The molecule has 1 unspecified atom stereocenters. The van der Waals surface area contributed by atoms with Crippen molar-refractivity contribution in [2.45, 2.75) is 19.4 Å². The van der Waals surface area contributed by atoms with Gasteiger partial charge < -0.3 is 5.32 Å². The number of nitro benzene ring substituents is 1. The van der Waals surface area contributed by atoms with Gasteiger partial charge in [0.05, 0.1) is 4.92 Å². The quantitative estimate of drug-likeness (QED) is 0.651. The second-order valence-electron chi connectivity index (χ2n) is 4.94. The van der Waals surface area contributed by atoms with E-state index in [1.807, 2.05) is 38.2 Å². The number of nitro groups is 1. The van der Waals surface area contributed by atoms with Crippen molar-refractivity contribution >= 4 is 21.6 Å². The molecule has 21 heavy (non-hydrogen) atoms. The fourth-order valence-corrected chi connectivity index (χ4v) is 2.60. The van der Waals surface area contributed by atoms with Crippen LogP contribution in [0.2, 0.25) is 0 Å². The summed E-state index contributed by atoms with van der Waals surface area (Å²) in [4.78, 5) is 10.8. The molecule has 0 aliphatic heterocycles. The molecule has 0 bridgehead atoms. The lowest BCUT2D eigenvalue weighted by molar-refractivity contribution is -0.385. The lowest BCUT2D eigenvalue weighted by atomic mass is 9.97. The van der Waals surface area contributed by atoms with Gasteiger partial charge in [-0.25, -0.2) is 0 Å². The van der Waals surface area contributed by atoms with Crippen LogP contribution in [-0.2, 0) is 6.42 Å². The van der Waals surface area contributed by atoms with Gasteiger partial charge >= 0.3 is 0 Å². The van der Waals surface area contributed by atoms with Gasteiger partial charge in [-0.1, -0.05) is 46.3 Å². The minimum atomic E-state index is -0.325. The number of nitrogens with one attached hydrogen (secondary N) is 1. The first-order valence-electron chi connectivity index (χ1n) is 6.68. The SMILES string of the molecule is CNC(Cc1ccccc1[N+](=O)[O-])c1ccc(Br)c(C)c1. The molecule has 0 aromatic heterocycles. The van der Waals surface area contributed by atoms with Crippen molar-refractivity contribution in [2.75, 3.05) is 7.05 Å². The molecule has 0 saturated carbocycles. The monoisotopic (exact) mass is 348 g/mol. The molecule has 0 fully saturated rings. The molecule has 0 saturated heterocycles. The van der Waals surface area contributed by atoms with Crippen molar-refractivity contribution in [3.63, 3.8) is 0 Å². The van der Waals surface area contributed by atoms with Gasteiger partial charge in [0.1, 0.15) is 0 Å². The van der Waals surface area contributed by atoms with Crippen LogP contribution in [0.15, 0.2) is 46.9 Å². The van der Waals surface area contributed by atoms with Crippen LogP contribution in [0, 0.1) is 17.0 Å². The Hall–Kier alpha value is -1.72. The summed E-state index contributed by atoms with van der Waals surface area (Å²) in [6.45, 7) is 2.03. The van der Waals surface area contributed by atoms with E-state index in [0.29, 0.717) is 6.42 Å². The van der Waals surface area contributed by atoms with Crippen molar-refractivity contribution in [1.29, 1.82) is 0 Å². The number of hydrogen-bond donors (Lipinski definition) is 1. The van der Waals surface area contributed by atoms with Crippen molar-refractivity contribution in [1.82, 2.24) is 5.32 Å². The van der Waals surface area contributed by atoms with Gasteiger partial charge in [0.15, 0.2) is 0 Å². The van der Waals surface area contributed by atoms with Gasteiger partial charge in [-0.3, -0.25) is 10.1 Å². The summed E-state index contributed by atoms with van der Waals surface area (Å²) in [5, 5.41) is 14.3. The van der Waals surface area contributed by atoms with Gasteiger partial charge in [0, 0.05) is 22.1 Å². The summed E-state index contributed by atoms with van der Waals surface area (Å²) in [6, 6.07) is 13.1. The smallest absolute Gasteiger partial charge is 0.272 e. The molecule has 2 rings (SSSR count). The highest BCUT2D eigenvalue weighted by molar-refractivity contribution is 9.10. The van der Waals surface area contributed by atoms with Crippen LogP contribution < -0.4 is 5.32 Å². The molecular weight excluding hydrogens is 332 g/mol. The fraction of sp³-hybridized carbons (Fsp3) is 0.250. The first kappa shape index (κ1) is 15.7. The standard InChI is InChI=1S/C16H17BrN2O2/c1-11-9-12(7-8-14(11)17)15(18-2)10-13-5-3-4-6-16(13)19(20)21/h3-9,15,18H,10H2,1-2H3. The molecule has 4 nitrogen and oxygen atoms in total. The molecule has 2 aromatic rings. The maximum absolute atomic E-state index is 11.1. The maximum atomic E-state index is 11.1. The molecule has 0 amide bonds. The van der Waals surface area contributed by atoms with Crippen LogP contribution in [0.25, 0.3) is 0 Å². The maximum Gasteiger partial charge on any atom is 0.272 e. The minimum Gasteiger partial charge on any atom is -0.313 e. The molecule has 0 heterocycles. The predicted molar refractivity (Wildman–Crippen MR) is 87.5 cm³/mol. The number of aryl methyl sites for hydroxylation is 1. The Bertz CT molecular complexity index is 658. The summed E-state index contributed by atoms with van der Waals surface area (Å²) in [6.07, 6.45) is 0.578. The predicted octanol–water partition coefficient (Wildman–Crippen LogP) is 4.17. The van der Waals surface area contributed by atoms with Crippen molar-refractivity contribution in [3.8, 4) is 0 Å². The van der Waals surface area contributed by atoms with Gasteiger partial charge in [-0.05, 0) is 37.6 Å². The van der Waals surface area contributed by atoms with Crippen LogP contribution in [0.3, 0.4) is 0 Å². The molecule has 0 aliphatic carbocycles. The van der Waals surface area contributed by atoms with E-state index < -0.39 is 0 Å². The molecule has 0 aliphatic rings. The van der Waals surface area contributed by atoms with E-state index in [0.717, 1.165) is 21.2 Å². The third kappa shape index (κ3) is 3.68. The third-order valence-electron chi connectivity index (χ3n) is 3.55. The summed E-state index contributed by atoms with van der Waals surface area (Å²) < 4.78 is 1.06. The first-order chi connectivity index (χ1) is 10.0. The second kappa shape index (κ2) is 6.83. The number of para-hydroxylation sites is 1. The largest absolute Gasteiger partial charge is 0.313 e. The molecule has 110 valence electrons. The summed E-state index contributed by atoms with van der Waals surface area (Å²) in [7, 11) is 1.87. The topological polar surface area (TPSA) is 55.2 Å². The Morgan fingerprint density at radius 1 is 1.29 bits per heavy atom. The van der Waals surface area contributed by atoms with Crippen LogP contribution in [0.1, 0.15) is 22.7 Å². The number of nitrogens with zero attached hydrogens (tertiary/aromatic N) is 1. The lowest BCUT2D eigenvalue weighted by Crippen LogP contribution is -2.19. The Labute approximate surface area is 132 Å². The van der Waals surface area contributed by atoms with E-state index in [1.165, 1.54) is 0 Å². The molecule has 1 N–H and O–H groups in total. The highest BCUT2D eigenvalue weighted by Crippen LogP contribution is 2.27. The Kier molecular flexibility index (Phi) is 5.09. The van der Waals surface area contributed by atoms with Gasteiger partial charge in [-0.2, -0.15) is 0 Å². The van der Waals surface area contributed by atoms with E-state index in [2.05, 4.69) is 27.3 Å². The van der Waals surface area contributed by atoms with E-state index in [9.17, 15) is 10.1 Å². The van der Waals surface area contributed by atoms with Crippen LogP contribution in [0.4, 0.5) is 5.69 Å². The zero-order chi connectivity index (χ0) is 15.4. The van der Waals surface area contributed by atoms with Crippen molar-refractivity contribution in [3.05, 3.63) is 73.7 Å². The second-order valence-corrected chi connectivity index (χ2v) is 5.79. The van der Waals surface area contributed by atoms with E-state index in [1.54, 1.807) is 12.1 Å². The number of halogens is 1. The van der Waals surface area contributed by atoms with Gasteiger partial charge in [0.25, 0.3) is 5.69 Å². The Balaban J connectivity index is 2.31. The molecule has 5 heteroatoms. The lowest BCUT2D eigenvalue weighted by Gasteiger charge is -2.18. The first-order valence-corrected chi connectivity index (χ1v) is 7.48. The van der Waals surface area contributed by atoms with Gasteiger partial charge in [0.2, 0.25) is 0 Å². The average Bonchev–Trinajstić information content (AvgIpc) is 2.48.